The van der Waals surface area contributed by atoms with Crippen molar-refractivity contribution in [2.24, 2.45) is 0 Å². The SMILES string of the molecule is COc1ccc(/C=C/CN2CCN(C3c4ccccc4CCc4ncccc43)CC2)cc1[N+](=O)[O-]. The van der Waals surface area contributed by atoms with Gasteiger partial charge in [0, 0.05) is 50.7 Å². The van der Waals surface area contributed by atoms with Crippen molar-refractivity contribution >= 4 is 11.8 Å². The van der Waals surface area contributed by atoms with Crippen molar-refractivity contribution < 1.29 is 9.66 Å². The van der Waals surface area contributed by atoms with Gasteiger partial charge >= 0.3 is 5.69 Å². The first-order valence-electron chi connectivity index (χ1n) is 12.1. The van der Waals surface area contributed by atoms with Gasteiger partial charge in [-0.1, -0.05) is 48.6 Å². The van der Waals surface area contributed by atoms with E-state index < -0.39 is 4.92 Å². The molecule has 1 aromatic heterocycles. The third-order valence-corrected chi connectivity index (χ3v) is 7.05. The zero-order chi connectivity index (χ0) is 24.2. The van der Waals surface area contributed by atoms with Crippen molar-refractivity contribution in [3.05, 3.63) is 105 Å². The molecule has 1 fully saturated rings. The molecule has 0 saturated carbocycles. The van der Waals surface area contributed by atoms with E-state index in [1.807, 2.05) is 18.3 Å². The third-order valence-electron chi connectivity index (χ3n) is 7.05. The minimum absolute atomic E-state index is 0.0123. The summed E-state index contributed by atoms with van der Waals surface area (Å²) < 4.78 is 5.09. The average molecular weight is 471 g/mol. The summed E-state index contributed by atoms with van der Waals surface area (Å²) in [7, 11) is 1.44. The minimum Gasteiger partial charge on any atom is -0.490 e. The van der Waals surface area contributed by atoms with E-state index in [1.54, 1.807) is 12.1 Å². The molecule has 2 aromatic carbocycles. The van der Waals surface area contributed by atoms with Crippen LogP contribution in [0.4, 0.5) is 5.69 Å². The summed E-state index contributed by atoms with van der Waals surface area (Å²) in [4.78, 5) is 20.6. The topological polar surface area (TPSA) is 71.7 Å². The van der Waals surface area contributed by atoms with Crippen molar-refractivity contribution in [1.82, 2.24) is 14.8 Å². The van der Waals surface area contributed by atoms with Gasteiger partial charge in [-0.3, -0.25) is 24.9 Å². The molecule has 2 aliphatic rings. The Morgan fingerprint density at radius 1 is 1.06 bits per heavy atom. The summed E-state index contributed by atoms with van der Waals surface area (Å²) in [5.74, 6) is 0.278. The molecule has 0 bridgehead atoms. The molecule has 5 rings (SSSR count). The fraction of sp³-hybridized carbons (Fsp3) is 0.321. The summed E-state index contributed by atoms with van der Waals surface area (Å²) in [5.41, 5.74) is 6.18. The number of hydrogen-bond donors (Lipinski definition) is 0. The van der Waals surface area contributed by atoms with Gasteiger partial charge in [0.1, 0.15) is 0 Å². The monoisotopic (exact) mass is 470 g/mol. The van der Waals surface area contributed by atoms with Crippen molar-refractivity contribution in [2.75, 3.05) is 39.8 Å². The predicted octanol–water partition coefficient (Wildman–Crippen LogP) is 4.52. The lowest BCUT2D eigenvalue weighted by molar-refractivity contribution is -0.385. The van der Waals surface area contributed by atoms with Crippen LogP contribution in [0, 0.1) is 10.1 Å². The van der Waals surface area contributed by atoms with Gasteiger partial charge in [0.15, 0.2) is 5.75 Å². The van der Waals surface area contributed by atoms with Gasteiger partial charge in [-0.15, -0.1) is 0 Å². The molecule has 7 nitrogen and oxygen atoms in total. The number of ether oxygens (including phenoxy) is 1. The highest BCUT2D eigenvalue weighted by atomic mass is 16.6. The Labute approximate surface area is 205 Å². The normalized spacial score (nSPS) is 18.6. The van der Waals surface area contributed by atoms with E-state index in [0.29, 0.717) is 0 Å². The summed E-state index contributed by atoms with van der Waals surface area (Å²) in [6.07, 6.45) is 7.96. The van der Waals surface area contributed by atoms with Crippen LogP contribution in [0.25, 0.3) is 6.08 Å². The number of hydrogen-bond acceptors (Lipinski definition) is 6. The standard InChI is InChI=1S/C28H30N4O3/c1-35-27-13-10-21(20-26(27)32(33)34)6-5-15-30-16-18-31(19-17-30)28-23-8-3-2-7-22(23)11-12-25-24(28)9-4-14-29-25/h2-10,13-14,20,28H,11-12,15-19H2,1H3/b6-5+. The smallest absolute Gasteiger partial charge is 0.311 e. The Bertz CT molecular complexity index is 1190. The summed E-state index contributed by atoms with van der Waals surface area (Å²) in [6.45, 7) is 4.72. The Balaban J connectivity index is 1.26. The first-order valence-corrected chi connectivity index (χ1v) is 12.1. The van der Waals surface area contributed by atoms with Crippen molar-refractivity contribution in [1.29, 1.82) is 0 Å². The zero-order valence-electron chi connectivity index (χ0n) is 20.0. The summed E-state index contributed by atoms with van der Waals surface area (Å²) in [5, 5.41) is 11.3. The molecule has 1 aliphatic heterocycles. The van der Waals surface area contributed by atoms with Crippen LogP contribution in [0.2, 0.25) is 0 Å². The van der Waals surface area contributed by atoms with Gasteiger partial charge in [0.2, 0.25) is 0 Å². The number of benzene rings is 2. The van der Waals surface area contributed by atoms with Gasteiger partial charge < -0.3 is 4.74 Å². The highest BCUT2D eigenvalue weighted by Gasteiger charge is 2.31. The number of piperazine rings is 1. The maximum absolute atomic E-state index is 11.3. The fourth-order valence-electron chi connectivity index (χ4n) is 5.25. The molecule has 0 radical (unpaired) electrons. The van der Waals surface area contributed by atoms with Gasteiger partial charge in [-0.25, -0.2) is 0 Å². The van der Waals surface area contributed by atoms with E-state index in [0.717, 1.165) is 51.1 Å². The van der Waals surface area contributed by atoms with Crippen LogP contribution in [0.3, 0.4) is 0 Å². The van der Waals surface area contributed by atoms with Crippen LogP contribution in [0.5, 0.6) is 5.75 Å². The number of pyridine rings is 1. The Morgan fingerprint density at radius 3 is 2.66 bits per heavy atom. The van der Waals surface area contributed by atoms with Crippen LogP contribution in [0.1, 0.15) is 34.0 Å². The maximum Gasteiger partial charge on any atom is 0.311 e. The maximum atomic E-state index is 11.3. The van der Waals surface area contributed by atoms with E-state index in [2.05, 4.69) is 52.3 Å². The highest BCUT2D eigenvalue weighted by molar-refractivity contribution is 5.58. The fourth-order valence-corrected chi connectivity index (χ4v) is 5.25. The predicted molar refractivity (Wildman–Crippen MR) is 137 cm³/mol. The van der Waals surface area contributed by atoms with Crippen LogP contribution >= 0.6 is 0 Å². The number of aromatic nitrogens is 1. The lowest BCUT2D eigenvalue weighted by atomic mass is 9.94. The number of nitro groups is 1. The molecular formula is C28H30N4O3. The first-order chi connectivity index (χ1) is 17.1. The number of methoxy groups -OCH3 is 1. The summed E-state index contributed by atoms with van der Waals surface area (Å²) in [6, 6.07) is 18.4. The number of fused-ring (bicyclic) bond motifs is 2. The molecular weight excluding hydrogens is 440 g/mol. The second kappa shape index (κ2) is 10.4. The first kappa shape index (κ1) is 23.2. The lowest BCUT2D eigenvalue weighted by Crippen LogP contribution is -2.47. The zero-order valence-corrected chi connectivity index (χ0v) is 20.0. The summed E-state index contributed by atoms with van der Waals surface area (Å²) >= 11 is 0. The molecule has 1 atom stereocenters. The van der Waals surface area contributed by atoms with E-state index in [9.17, 15) is 10.1 Å². The Hall–Kier alpha value is -3.55. The van der Waals surface area contributed by atoms with E-state index in [-0.39, 0.29) is 17.5 Å². The third kappa shape index (κ3) is 4.97. The number of nitrogens with zero attached hydrogens (tertiary/aromatic N) is 4. The number of nitro benzene ring substituents is 1. The highest BCUT2D eigenvalue weighted by Crippen LogP contribution is 2.36. The molecule has 1 unspecified atom stereocenters. The van der Waals surface area contributed by atoms with Gasteiger partial charge in [-0.2, -0.15) is 0 Å². The van der Waals surface area contributed by atoms with E-state index >= 15 is 0 Å². The minimum atomic E-state index is -0.408. The van der Waals surface area contributed by atoms with Crippen molar-refractivity contribution in [3.63, 3.8) is 0 Å². The van der Waals surface area contributed by atoms with Crippen LogP contribution < -0.4 is 4.74 Å². The van der Waals surface area contributed by atoms with Crippen LogP contribution in [-0.2, 0) is 12.8 Å². The Morgan fingerprint density at radius 2 is 1.86 bits per heavy atom. The molecule has 1 saturated heterocycles. The van der Waals surface area contributed by atoms with E-state index in [4.69, 9.17) is 9.72 Å². The van der Waals surface area contributed by atoms with Crippen LogP contribution in [0.15, 0.2) is 66.9 Å². The molecule has 7 heteroatoms. The van der Waals surface area contributed by atoms with Crippen molar-refractivity contribution in [2.45, 2.75) is 18.9 Å². The largest absolute Gasteiger partial charge is 0.490 e. The quantitative estimate of drug-likeness (QED) is 0.390. The molecule has 35 heavy (non-hydrogen) atoms. The van der Waals surface area contributed by atoms with Gasteiger partial charge in [-0.05, 0) is 47.2 Å². The van der Waals surface area contributed by atoms with Crippen molar-refractivity contribution in [3.8, 4) is 5.75 Å². The average Bonchev–Trinajstić information content (AvgIpc) is 3.06. The molecule has 1 aliphatic carbocycles. The Kier molecular flexibility index (Phi) is 6.88. The molecule has 0 amide bonds. The second-order valence-corrected chi connectivity index (χ2v) is 9.07. The number of aryl methyl sites for hydroxylation is 2. The molecule has 3 aromatic rings. The molecule has 0 spiro atoms. The lowest BCUT2D eigenvalue weighted by Gasteiger charge is -2.39. The molecule has 2 heterocycles. The molecule has 0 N–H and O–H groups in total. The van der Waals surface area contributed by atoms with Gasteiger partial charge in [0.05, 0.1) is 18.1 Å². The van der Waals surface area contributed by atoms with Gasteiger partial charge in [0.25, 0.3) is 0 Å². The molecule has 180 valence electrons. The van der Waals surface area contributed by atoms with E-state index in [1.165, 1.54) is 29.5 Å². The number of rotatable bonds is 6. The van der Waals surface area contributed by atoms with Crippen LogP contribution in [-0.4, -0.2) is 59.5 Å². The second-order valence-electron chi connectivity index (χ2n) is 9.07.